The quantitative estimate of drug-likeness (QED) is 0.429. The fourth-order valence-corrected chi connectivity index (χ4v) is 4.74. The number of rotatable bonds is 7. The number of methoxy groups -OCH3 is 1. The number of fused-ring (bicyclic) bond motifs is 1. The summed E-state index contributed by atoms with van der Waals surface area (Å²) in [6, 6.07) is 13.9. The predicted molar refractivity (Wildman–Crippen MR) is 112 cm³/mol. The molecule has 0 aliphatic carbocycles. The minimum atomic E-state index is -4.56. The van der Waals surface area contributed by atoms with E-state index in [1.165, 1.54) is 7.11 Å². The lowest BCUT2D eigenvalue weighted by Gasteiger charge is -2.47. The van der Waals surface area contributed by atoms with Gasteiger partial charge in [-0.15, -0.1) is 0 Å². The monoisotopic (exact) mass is 481 g/mol. The Bertz CT molecular complexity index is 1060. The molecule has 2 aromatic carbocycles. The number of nitro groups is 1. The second-order valence-corrected chi connectivity index (χ2v) is 8.79. The molecule has 2 aromatic rings. The van der Waals surface area contributed by atoms with Crippen LogP contribution in [0.5, 0.6) is 5.75 Å². The summed E-state index contributed by atoms with van der Waals surface area (Å²) in [4.78, 5) is 10.2. The van der Waals surface area contributed by atoms with Crippen LogP contribution in [0.15, 0.2) is 54.6 Å². The first-order valence-corrected chi connectivity index (χ1v) is 11.5. The number of nitrogens with zero attached hydrogens (tertiary/aromatic N) is 1. The van der Waals surface area contributed by atoms with E-state index in [0.717, 1.165) is 29.8 Å². The third-order valence-electron chi connectivity index (χ3n) is 5.45. The highest BCUT2D eigenvalue weighted by Crippen LogP contribution is 2.38. The summed E-state index contributed by atoms with van der Waals surface area (Å²) in [6.45, 7) is 2.00. The number of hydrogen-bond donors (Lipinski definition) is 0. The van der Waals surface area contributed by atoms with Crippen molar-refractivity contribution in [2.45, 2.75) is 37.8 Å². The van der Waals surface area contributed by atoms with Crippen molar-refractivity contribution in [2.24, 2.45) is 5.92 Å². The van der Waals surface area contributed by atoms with Gasteiger partial charge in [0, 0.05) is 30.7 Å². The van der Waals surface area contributed by atoms with Gasteiger partial charge in [-0.05, 0) is 12.1 Å². The van der Waals surface area contributed by atoms with E-state index in [4.69, 9.17) is 27.3 Å². The van der Waals surface area contributed by atoms with Crippen LogP contribution in [0.1, 0.15) is 18.8 Å². The molecule has 6 atom stereocenters. The van der Waals surface area contributed by atoms with Crippen LogP contribution in [0, 0.1) is 16.0 Å². The van der Waals surface area contributed by atoms with E-state index in [1.807, 2.05) is 30.3 Å². The molecule has 0 bridgehead atoms. The lowest BCUT2D eigenvalue weighted by atomic mass is 9.90. The summed E-state index contributed by atoms with van der Waals surface area (Å²) < 4.78 is 58.5. The molecule has 2 aliphatic heterocycles. The maximum atomic E-state index is 12.6. The highest BCUT2D eigenvalue weighted by atomic mass is 32.3. The van der Waals surface area contributed by atoms with Crippen molar-refractivity contribution in [3.8, 4) is 5.75 Å². The molecule has 0 radical (unpaired) electrons. The Morgan fingerprint density at radius 3 is 2.39 bits per heavy atom. The second-order valence-electron chi connectivity index (χ2n) is 7.62. The van der Waals surface area contributed by atoms with Crippen LogP contribution in [0.2, 0.25) is 0 Å². The first-order valence-electron chi connectivity index (χ1n) is 10.1. The van der Waals surface area contributed by atoms with Crippen LogP contribution in [-0.2, 0) is 33.5 Å². The van der Waals surface area contributed by atoms with E-state index in [1.54, 1.807) is 6.92 Å². The Morgan fingerprint density at radius 1 is 1.06 bits per heavy atom. The fourth-order valence-electron chi connectivity index (χ4n) is 3.82. The molecule has 2 saturated heterocycles. The fraction of sp³-hybridized carbons (Fsp3) is 0.429. The Hall–Kier alpha value is -2.61. The molecule has 33 heavy (non-hydrogen) atoms. The number of benzene rings is 2. The molecule has 11 nitrogen and oxygen atoms in total. The van der Waals surface area contributed by atoms with Gasteiger partial charge >= 0.3 is 10.4 Å². The van der Waals surface area contributed by atoms with Crippen molar-refractivity contribution in [1.29, 1.82) is 0 Å². The van der Waals surface area contributed by atoms with E-state index in [-0.39, 0.29) is 18.0 Å². The molecule has 2 aliphatic rings. The minimum absolute atomic E-state index is 0.136. The van der Waals surface area contributed by atoms with Crippen LogP contribution >= 0.6 is 0 Å². The Kier molecular flexibility index (Phi) is 6.93. The topological polar surface area (TPSA) is 133 Å². The second kappa shape index (κ2) is 9.71. The van der Waals surface area contributed by atoms with Gasteiger partial charge in [0.15, 0.2) is 12.6 Å². The van der Waals surface area contributed by atoms with Gasteiger partial charge in [-0.25, -0.2) is 4.18 Å². The summed E-state index contributed by atoms with van der Waals surface area (Å²) in [7, 11) is -3.19. The molecule has 0 N–H and O–H groups in total. The van der Waals surface area contributed by atoms with E-state index >= 15 is 0 Å². The Morgan fingerprint density at radius 2 is 1.76 bits per heavy atom. The van der Waals surface area contributed by atoms with Crippen molar-refractivity contribution < 1.29 is 40.7 Å². The highest BCUT2D eigenvalue weighted by Gasteiger charge is 2.50. The normalized spacial score (nSPS) is 29.8. The van der Waals surface area contributed by atoms with Crippen LogP contribution in [0.3, 0.4) is 0 Å². The molecule has 4 rings (SSSR count). The minimum Gasteiger partial charge on any atom is -0.362 e. The van der Waals surface area contributed by atoms with E-state index in [0.29, 0.717) is 0 Å². The van der Waals surface area contributed by atoms with Crippen LogP contribution in [0.4, 0.5) is 5.69 Å². The molecule has 0 amide bonds. The SMILES string of the molecule is CO[C@H]1OC2COC(c3ccccc3)O[C@H]2[C@H](C)C1OS(=O)(=O)Oc1ccc([N+](=O)[O-])cc1. The highest BCUT2D eigenvalue weighted by molar-refractivity contribution is 7.82. The maximum Gasteiger partial charge on any atom is 0.449 e. The van der Waals surface area contributed by atoms with Gasteiger partial charge in [-0.2, -0.15) is 8.42 Å². The largest absolute Gasteiger partial charge is 0.449 e. The molecule has 178 valence electrons. The number of nitro benzene ring substituents is 1. The van der Waals surface area contributed by atoms with Crippen molar-refractivity contribution >= 4 is 16.1 Å². The first kappa shape index (κ1) is 23.5. The van der Waals surface area contributed by atoms with Gasteiger partial charge in [0.25, 0.3) is 5.69 Å². The predicted octanol–water partition coefficient (Wildman–Crippen LogP) is 2.73. The third-order valence-corrected chi connectivity index (χ3v) is 6.31. The van der Waals surface area contributed by atoms with Crippen LogP contribution < -0.4 is 4.18 Å². The summed E-state index contributed by atoms with van der Waals surface area (Å²) in [5, 5.41) is 10.8. The molecular formula is C21H23NO10S. The summed E-state index contributed by atoms with van der Waals surface area (Å²) in [5.74, 6) is -0.609. The van der Waals surface area contributed by atoms with Gasteiger partial charge in [0.05, 0.1) is 17.6 Å². The van der Waals surface area contributed by atoms with Crippen molar-refractivity contribution in [3.63, 3.8) is 0 Å². The zero-order chi connectivity index (χ0) is 23.6. The Labute approximate surface area is 190 Å². The van der Waals surface area contributed by atoms with Crippen LogP contribution in [-0.4, -0.2) is 51.7 Å². The van der Waals surface area contributed by atoms with Gasteiger partial charge in [-0.3, -0.25) is 10.1 Å². The van der Waals surface area contributed by atoms with E-state index in [9.17, 15) is 18.5 Å². The summed E-state index contributed by atoms with van der Waals surface area (Å²) >= 11 is 0. The zero-order valence-electron chi connectivity index (χ0n) is 17.8. The molecule has 2 heterocycles. The number of ether oxygens (including phenoxy) is 4. The van der Waals surface area contributed by atoms with Crippen molar-refractivity contribution in [1.82, 2.24) is 0 Å². The number of hydrogen-bond acceptors (Lipinski definition) is 10. The first-order chi connectivity index (χ1) is 15.8. The summed E-state index contributed by atoms with van der Waals surface area (Å²) in [6.07, 6.45) is -3.74. The smallest absolute Gasteiger partial charge is 0.362 e. The van der Waals surface area contributed by atoms with Crippen molar-refractivity contribution in [3.05, 3.63) is 70.3 Å². The molecule has 0 spiro atoms. The zero-order valence-corrected chi connectivity index (χ0v) is 18.6. The molecule has 12 heteroatoms. The van der Waals surface area contributed by atoms with Gasteiger partial charge in [0.1, 0.15) is 18.0 Å². The van der Waals surface area contributed by atoms with Gasteiger partial charge < -0.3 is 23.1 Å². The van der Waals surface area contributed by atoms with Crippen LogP contribution in [0.25, 0.3) is 0 Å². The van der Waals surface area contributed by atoms with Gasteiger partial charge in [0.2, 0.25) is 0 Å². The standard InChI is InChI=1S/C21H23NO10S/c1-13-18-17(12-28-20(30-18)14-6-4-3-5-7-14)29-21(27-2)19(13)32-33(25,26)31-16-10-8-15(9-11-16)22(23)24/h3-11,13,17-21H,12H2,1-2H3/t13-,17?,18-,19?,20?,21-/m0/s1. The average Bonchev–Trinajstić information content (AvgIpc) is 2.81. The number of non-ortho nitro benzene ring substituents is 1. The molecular weight excluding hydrogens is 458 g/mol. The molecule has 3 unspecified atom stereocenters. The van der Waals surface area contributed by atoms with Crippen molar-refractivity contribution in [2.75, 3.05) is 13.7 Å². The summed E-state index contributed by atoms with van der Waals surface area (Å²) in [5.41, 5.74) is 0.619. The molecule has 2 fully saturated rings. The van der Waals surface area contributed by atoms with Gasteiger partial charge in [-0.1, -0.05) is 37.3 Å². The molecule has 0 saturated carbocycles. The maximum absolute atomic E-state index is 12.6. The molecule has 0 aromatic heterocycles. The lowest BCUT2D eigenvalue weighted by molar-refractivity contribution is -0.384. The van der Waals surface area contributed by atoms with E-state index in [2.05, 4.69) is 0 Å². The Balaban J connectivity index is 1.48. The third kappa shape index (κ3) is 5.32. The average molecular weight is 481 g/mol. The lowest BCUT2D eigenvalue weighted by Crippen LogP contribution is -2.59. The van der Waals surface area contributed by atoms with E-state index < -0.39 is 52.1 Å².